The quantitative estimate of drug-likeness (QED) is 0.520. The van der Waals surface area contributed by atoms with E-state index in [2.05, 4.69) is 4.74 Å². The molecule has 0 saturated carbocycles. The Morgan fingerprint density at radius 3 is 2.76 bits per heavy atom. The predicted molar refractivity (Wildman–Crippen MR) is 58.9 cm³/mol. The van der Waals surface area contributed by atoms with E-state index in [1.807, 2.05) is 0 Å². The number of carbonyl (C=O) groups excluding carboxylic acids is 1. The predicted octanol–water partition coefficient (Wildman–Crippen LogP) is 0.226. The van der Waals surface area contributed by atoms with E-state index in [1.54, 1.807) is 0 Å². The molecule has 94 valence electrons. The lowest BCUT2D eigenvalue weighted by molar-refractivity contribution is 0.00930. The Hall–Kier alpha value is -1.66. The van der Waals surface area contributed by atoms with E-state index < -0.39 is 24.5 Å². The number of aliphatic hydroxyl groups is 2. The van der Waals surface area contributed by atoms with Crippen LogP contribution in [0, 0.1) is 12.7 Å². The normalized spacial score (nSPS) is 12.2. The second-order valence-corrected chi connectivity index (χ2v) is 3.61. The van der Waals surface area contributed by atoms with Gasteiger partial charge in [0, 0.05) is 11.3 Å². The van der Waals surface area contributed by atoms with Crippen molar-refractivity contribution >= 4 is 11.7 Å². The zero-order valence-electron chi connectivity index (χ0n) is 9.31. The molecule has 5 nitrogen and oxygen atoms in total. The molecule has 1 rings (SSSR count). The molecular formula is C11H14FNO4. The molecule has 1 unspecified atom stereocenters. The van der Waals surface area contributed by atoms with Crippen LogP contribution in [0.25, 0.3) is 0 Å². The van der Waals surface area contributed by atoms with Crippen molar-refractivity contribution in [2.45, 2.75) is 13.0 Å². The van der Waals surface area contributed by atoms with Crippen LogP contribution in [0.4, 0.5) is 10.1 Å². The molecule has 0 aliphatic carbocycles. The van der Waals surface area contributed by atoms with Gasteiger partial charge in [-0.05, 0) is 19.1 Å². The van der Waals surface area contributed by atoms with E-state index in [0.717, 1.165) is 6.07 Å². The second-order valence-electron chi connectivity index (χ2n) is 3.61. The monoisotopic (exact) mass is 243 g/mol. The van der Waals surface area contributed by atoms with Crippen LogP contribution in [0.1, 0.15) is 15.9 Å². The molecule has 0 aromatic heterocycles. The molecule has 17 heavy (non-hydrogen) atoms. The van der Waals surface area contributed by atoms with Crippen molar-refractivity contribution in [3.05, 3.63) is 29.1 Å². The van der Waals surface area contributed by atoms with Crippen molar-refractivity contribution in [2.75, 3.05) is 18.9 Å². The Bertz CT molecular complexity index is 399. The summed E-state index contributed by atoms with van der Waals surface area (Å²) >= 11 is 0. The van der Waals surface area contributed by atoms with Crippen LogP contribution in [0.15, 0.2) is 12.1 Å². The number of nitrogen functional groups attached to an aromatic ring is 1. The number of anilines is 1. The highest BCUT2D eigenvalue weighted by Gasteiger charge is 2.13. The fourth-order valence-electron chi connectivity index (χ4n) is 1.13. The Kier molecular flexibility index (Phi) is 4.42. The van der Waals surface area contributed by atoms with E-state index in [4.69, 9.17) is 15.9 Å². The van der Waals surface area contributed by atoms with Crippen LogP contribution in [-0.2, 0) is 4.74 Å². The summed E-state index contributed by atoms with van der Waals surface area (Å²) in [5, 5.41) is 17.5. The largest absolute Gasteiger partial charge is 0.459 e. The van der Waals surface area contributed by atoms with Gasteiger partial charge in [0.25, 0.3) is 0 Å². The zero-order chi connectivity index (χ0) is 13.0. The fourth-order valence-corrected chi connectivity index (χ4v) is 1.13. The maximum Gasteiger partial charge on any atom is 0.338 e. The summed E-state index contributed by atoms with van der Waals surface area (Å²) in [4.78, 5) is 11.4. The molecular weight excluding hydrogens is 229 g/mol. The van der Waals surface area contributed by atoms with Crippen molar-refractivity contribution in [2.24, 2.45) is 0 Å². The molecule has 1 aromatic rings. The number of hydrogen-bond acceptors (Lipinski definition) is 5. The number of aliphatic hydroxyl groups excluding tert-OH is 2. The second kappa shape index (κ2) is 5.60. The molecule has 6 heteroatoms. The van der Waals surface area contributed by atoms with Gasteiger partial charge in [-0.3, -0.25) is 0 Å². The minimum absolute atomic E-state index is 0.0317. The van der Waals surface area contributed by atoms with Gasteiger partial charge >= 0.3 is 5.97 Å². The smallest absolute Gasteiger partial charge is 0.338 e. The number of rotatable bonds is 4. The molecule has 0 fully saturated rings. The Labute approximate surface area is 97.6 Å². The van der Waals surface area contributed by atoms with Crippen molar-refractivity contribution < 1.29 is 24.1 Å². The lowest BCUT2D eigenvalue weighted by Crippen LogP contribution is -2.22. The first-order chi connectivity index (χ1) is 7.95. The van der Waals surface area contributed by atoms with Crippen LogP contribution in [0.2, 0.25) is 0 Å². The summed E-state index contributed by atoms with van der Waals surface area (Å²) in [5.74, 6) is -1.40. The minimum Gasteiger partial charge on any atom is -0.459 e. The molecule has 0 bridgehead atoms. The molecule has 1 atom stereocenters. The summed E-state index contributed by atoms with van der Waals surface area (Å²) in [5.41, 5.74) is 5.89. The van der Waals surface area contributed by atoms with Crippen LogP contribution in [0.5, 0.6) is 0 Å². The van der Waals surface area contributed by atoms with Gasteiger partial charge in [0.15, 0.2) is 0 Å². The molecule has 0 radical (unpaired) electrons. The highest BCUT2D eigenvalue weighted by atomic mass is 19.1. The van der Waals surface area contributed by atoms with Crippen molar-refractivity contribution in [1.29, 1.82) is 0 Å². The topological polar surface area (TPSA) is 92.8 Å². The Morgan fingerprint density at radius 2 is 2.24 bits per heavy atom. The standard InChI is InChI=1S/C11H14FNO4/c1-6-9(12)2-7(3-10(6)13)11(16)17-5-8(15)4-14/h2-3,8,14-15H,4-5,13H2,1H3. The Morgan fingerprint density at radius 1 is 1.59 bits per heavy atom. The molecule has 0 heterocycles. The summed E-state index contributed by atoms with van der Waals surface area (Å²) in [7, 11) is 0. The average Bonchev–Trinajstić information content (AvgIpc) is 2.31. The first-order valence-corrected chi connectivity index (χ1v) is 4.97. The van der Waals surface area contributed by atoms with Crippen molar-refractivity contribution in [3.8, 4) is 0 Å². The molecule has 0 aliphatic rings. The number of carbonyl (C=O) groups is 1. The summed E-state index contributed by atoms with van der Waals surface area (Å²) < 4.78 is 17.9. The molecule has 4 N–H and O–H groups in total. The molecule has 0 amide bonds. The van der Waals surface area contributed by atoms with Gasteiger partial charge in [-0.15, -0.1) is 0 Å². The van der Waals surface area contributed by atoms with Gasteiger partial charge in [0.2, 0.25) is 0 Å². The molecule has 0 aliphatic heterocycles. The minimum atomic E-state index is -1.15. The zero-order valence-corrected chi connectivity index (χ0v) is 9.31. The summed E-state index contributed by atoms with van der Waals surface area (Å²) in [6.07, 6.45) is -1.15. The number of benzene rings is 1. The third-order valence-electron chi connectivity index (χ3n) is 2.24. The van der Waals surface area contributed by atoms with Gasteiger partial charge in [-0.1, -0.05) is 0 Å². The van der Waals surface area contributed by atoms with Crippen LogP contribution in [0.3, 0.4) is 0 Å². The van der Waals surface area contributed by atoms with E-state index in [0.29, 0.717) is 0 Å². The van der Waals surface area contributed by atoms with Gasteiger partial charge in [0.05, 0.1) is 12.2 Å². The first-order valence-electron chi connectivity index (χ1n) is 4.97. The number of halogens is 1. The Balaban J connectivity index is 2.76. The lowest BCUT2D eigenvalue weighted by Gasteiger charge is -2.09. The highest BCUT2D eigenvalue weighted by molar-refractivity contribution is 5.90. The molecule has 0 spiro atoms. The number of nitrogens with two attached hydrogens (primary N) is 1. The number of ether oxygens (including phenoxy) is 1. The van der Waals surface area contributed by atoms with Crippen LogP contribution in [-0.4, -0.2) is 35.5 Å². The lowest BCUT2D eigenvalue weighted by atomic mass is 10.1. The molecule has 0 saturated heterocycles. The van der Waals surface area contributed by atoms with Crippen LogP contribution >= 0.6 is 0 Å². The fraction of sp³-hybridized carbons (Fsp3) is 0.364. The van der Waals surface area contributed by atoms with E-state index in [-0.39, 0.29) is 23.4 Å². The van der Waals surface area contributed by atoms with Gasteiger partial charge in [-0.25, -0.2) is 9.18 Å². The van der Waals surface area contributed by atoms with Gasteiger partial charge in [0.1, 0.15) is 18.5 Å². The van der Waals surface area contributed by atoms with E-state index in [1.165, 1.54) is 13.0 Å². The number of hydrogen-bond donors (Lipinski definition) is 3. The van der Waals surface area contributed by atoms with Gasteiger partial charge < -0.3 is 20.7 Å². The van der Waals surface area contributed by atoms with Crippen molar-refractivity contribution in [3.63, 3.8) is 0 Å². The molecule has 1 aromatic carbocycles. The van der Waals surface area contributed by atoms with Crippen LogP contribution < -0.4 is 5.73 Å². The average molecular weight is 243 g/mol. The van der Waals surface area contributed by atoms with Gasteiger partial charge in [-0.2, -0.15) is 0 Å². The maximum absolute atomic E-state index is 13.3. The number of esters is 1. The summed E-state index contributed by atoms with van der Waals surface area (Å²) in [6.45, 7) is 0.623. The third-order valence-corrected chi connectivity index (χ3v) is 2.24. The highest BCUT2D eigenvalue weighted by Crippen LogP contribution is 2.18. The SMILES string of the molecule is Cc1c(N)cc(C(=O)OCC(O)CO)cc1F. The summed E-state index contributed by atoms with van der Waals surface area (Å²) in [6, 6.07) is 2.31. The first kappa shape index (κ1) is 13.4. The maximum atomic E-state index is 13.3. The van der Waals surface area contributed by atoms with E-state index >= 15 is 0 Å². The third kappa shape index (κ3) is 3.40. The van der Waals surface area contributed by atoms with E-state index in [9.17, 15) is 9.18 Å². The van der Waals surface area contributed by atoms with Crippen molar-refractivity contribution in [1.82, 2.24) is 0 Å².